The van der Waals surface area contributed by atoms with Gasteiger partial charge in [-0.25, -0.2) is 9.59 Å². The average molecular weight is 471 g/mol. The van der Waals surface area contributed by atoms with E-state index in [1.54, 1.807) is 0 Å². The predicted octanol–water partition coefficient (Wildman–Crippen LogP) is 4.99. The van der Waals surface area contributed by atoms with Crippen molar-refractivity contribution in [3.63, 3.8) is 0 Å². The first kappa shape index (κ1) is 23.0. The summed E-state index contributed by atoms with van der Waals surface area (Å²) >= 11 is 0. The van der Waals surface area contributed by atoms with Crippen LogP contribution in [0.15, 0.2) is 66.7 Å². The summed E-state index contributed by atoms with van der Waals surface area (Å²) in [6.45, 7) is 2.35. The molecule has 2 aliphatic rings. The molecular weight excluding hydrogens is 440 g/mol. The molecule has 1 aliphatic heterocycles. The van der Waals surface area contributed by atoms with Gasteiger partial charge in [0.15, 0.2) is 0 Å². The highest BCUT2D eigenvalue weighted by atomic mass is 16.5. The fourth-order valence-corrected chi connectivity index (χ4v) is 5.32. The Labute approximate surface area is 205 Å². The molecule has 0 saturated carbocycles. The van der Waals surface area contributed by atoms with E-state index in [9.17, 15) is 14.7 Å². The number of amides is 1. The van der Waals surface area contributed by atoms with Gasteiger partial charge in [-0.3, -0.25) is 0 Å². The van der Waals surface area contributed by atoms with Crippen molar-refractivity contribution in [2.75, 3.05) is 18.6 Å². The molecule has 2 unspecified atom stereocenters. The van der Waals surface area contributed by atoms with Crippen molar-refractivity contribution in [3.8, 4) is 11.1 Å². The Morgan fingerprint density at radius 1 is 1.06 bits per heavy atom. The molecule has 0 radical (unpaired) electrons. The zero-order chi connectivity index (χ0) is 24.5. The Balaban J connectivity index is 1.25. The van der Waals surface area contributed by atoms with Crippen molar-refractivity contribution in [2.45, 2.75) is 44.2 Å². The summed E-state index contributed by atoms with van der Waals surface area (Å²) < 4.78 is 5.55. The van der Waals surface area contributed by atoms with Crippen LogP contribution in [0.1, 0.15) is 41.5 Å². The number of nitrogens with one attached hydrogen (secondary N) is 1. The molecular formula is C29H30N2O4. The fourth-order valence-electron chi connectivity index (χ4n) is 5.32. The first-order valence-corrected chi connectivity index (χ1v) is 12.1. The monoisotopic (exact) mass is 470 g/mol. The van der Waals surface area contributed by atoms with Crippen molar-refractivity contribution in [1.29, 1.82) is 0 Å². The van der Waals surface area contributed by atoms with E-state index in [0.717, 1.165) is 40.7 Å². The largest absolute Gasteiger partial charge is 0.480 e. The number of anilines is 1. The molecule has 1 heterocycles. The maximum atomic E-state index is 12.6. The quantitative estimate of drug-likeness (QED) is 0.531. The molecule has 0 spiro atoms. The van der Waals surface area contributed by atoms with Crippen LogP contribution in [-0.2, 0) is 22.4 Å². The minimum Gasteiger partial charge on any atom is -0.480 e. The molecule has 3 aromatic carbocycles. The zero-order valence-electron chi connectivity index (χ0n) is 20.0. The van der Waals surface area contributed by atoms with Gasteiger partial charge in [0, 0.05) is 31.1 Å². The van der Waals surface area contributed by atoms with Crippen LogP contribution < -0.4 is 10.2 Å². The molecule has 0 aromatic heterocycles. The Morgan fingerprint density at radius 2 is 1.71 bits per heavy atom. The number of benzene rings is 3. The van der Waals surface area contributed by atoms with E-state index in [1.165, 1.54) is 11.3 Å². The third-order valence-electron chi connectivity index (χ3n) is 7.39. The van der Waals surface area contributed by atoms with Crippen LogP contribution in [-0.4, -0.2) is 42.9 Å². The number of carbonyl (C=O) groups is 2. The summed E-state index contributed by atoms with van der Waals surface area (Å²) in [7, 11) is 2.08. The first-order valence-electron chi connectivity index (χ1n) is 12.1. The van der Waals surface area contributed by atoms with Gasteiger partial charge in [-0.05, 0) is 59.2 Å². The number of aryl methyl sites for hydroxylation is 1. The van der Waals surface area contributed by atoms with Gasteiger partial charge in [0.2, 0.25) is 0 Å². The topological polar surface area (TPSA) is 78.9 Å². The second kappa shape index (κ2) is 9.45. The predicted molar refractivity (Wildman–Crippen MR) is 136 cm³/mol. The third kappa shape index (κ3) is 4.48. The molecule has 2 atom stereocenters. The van der Waals surface area contributed by atoms with Gasteiger partial charge in [-0.1, -0.05) is 60.7 Å². The van der Waals surface area contributed by atoms with Crippen molar-refractivity contribution in [2.24, 2.45) is 0 Å². The van der Waals surface area contributed by atoms with E-state index in [2.05, 4.69) is 54.5 Å². The van der Waals surface area contributed by atoms with E-state index in [4.69, 9.17) is 4.74 Å². The molecule has 0 fully saturated rings. The molecule has 0 saturated heterocycles. The molecule has 0 bridgehead atoms. The minimum absolute atomic E-state index is 0.0727. The standard InChI is InChI=1S/C29H30N2O4/c1-18-11-13-20-15-19(12-14-27(20)31(18)2)16-26(28(32)33)30-29(34)35-17-25-23-9-5-3-7-21(23)22-8-4-6-10-24(22)25/h3-10,12,14-15,18,25-26H,11,13,16-17H2,1-2H3,(H,30,34)(H,32,33). The lowest BCUT2D eigenvalue weighted by molar-refractivity contribution is -0.139. The Kier molecular flexibility index (Phi) is 6.20. The van der Waals surface area contributed by atoms with Gasteiger partial charge in [0.25, 0.3) is 0 Å². The van der Waals surface area contributed by atoms with E-state index in [-0.39, 0.29) is 18.9 Å². The summed E-state index contributed by atoms with van der Waals surface area (Å²) in [5, 5.41) is 12.3. The summed E-state index contributed by atoms with van der Waals surface area (Å²) in [6, 6.07) is 21.7. The average Bonchev–Trinajstić information content (AvgIpc) is 3.18. The van der Waals surface area contributed by atoms with E-state index in [1.807, 2.05) is 36.4 Å². The lowest BCUT2D eigenvalue weighted by Crippen LogP contribution is -2.43. The second-order valence-electron chi connectivity index (χ2n) is 9.53. The smallest absolute Gasteiger partial charge is 0.407 e. The highest BCUT2D eigenvalue weighted by Gasteiger charge is 2.30. The van der Waals surface area contributed by atoms with Gasteiger partial charge in [0.05, 0.1) is 0 Å². The molecule has 5 rings (SSSR count). The number of hydrogen-bond donors (Lipinski definition) is 2. The number of carbonyl (C=O) groups excluding carboxylic acids is 1. The van der Waals surface area contributed by atoms with Crippen LogP contribution in [0.3, 0.4) is 0 Å². The third-order valence-corrected chi connectivity index (χ3v) is 7.39. The van der Waals surface area contributed by atoms with Crippen LogP contribution in [0, 0.1) is 0 Å². The van der Waals surface area contributed by atoms with Gasteiger partial charge in [-0.15, -0.1) is 0 Å². The highest BCUT2D eigenvalue weighted by molar-refractivity contribution is 5.81. The maximum absolute atomic E-state index is 12.6. The lowest BCUT2D eigenvalue weighted by Gasteiger charge is -2.34. The molecule has 1 aliphatic carbocycles. The fraction of sp³-hybridized carbons (Fsp3) is 0.310. The van der Waals surface area contributed by atoms with Gasteiger partial charge in [0.1, 0.15) is 12.6 Å². The molecule has 2 N–H and O–H groups in total. The minimum atomic E-state index is -1.08. The van der Waals surface area contributed by atoms with Crippen LogP contribution in [0.25, 0.3) is 11.1 Å². The van der Waals surface area contributed by atoms with Crippen LogP contribution in [0.2, 0.25) is 0 Å². The maximum Gasteiger partial charge on any atom is 0.407 e. The molecule has 3 aromatic rings. The Bertz CT molecular complexity index is 1230. The number of hydrogen-bond acceptors (Lipinski definition) is 4. The number of carboxylic acids is 1. The zero-order valence-corrected chi connectivity index (χ0v) is 20.0. The van der Waals surface area contributed by atoms with Gasteiger partial charge >= 0.3 is 12.1 Å². The van der Waals surface area contributed by atoms with Crippen molar-refractivity contribution >= 4 is 17.7 Å². The first-order chi connectivity index (χ1) is 16.9. The molecule has 6 nitrogen and oxygen atoms in total. The number of carboxylic acid groups (broad SMARTS) is 1. The SMILES string of the molecule is CC1CCc2cc(CC(NC(=O)OCC3c4ccccc4-c4ccccc43)C(=O)O)ccc2N1C. The second-order valence-corrected chi connectivity index (χ2v) is 9.53. The summed E-state index contributed by atoms with van der Waals surface area (Å²) in [4.78, 5) is 26.8. The number of aliphatic carboxylic acids is 1. The Hall–Kier alpha value is -3.80. The molecule has 6 heteroatoms. The van der Waals surface area contributed by atoms with Crippen molar-refractivity contribution in [3.05, 3.63) is 89.0 Å². The van der Waals surface area contributed by atoms with Gasteiger partial charge in [-0.2, -0.15) is 0 Å². The van der Waals surface area contributed by atoms with E-state index in [0.29, 0.717) is 6.04 Å². The summed E-state index contributed by atoms with van der Waals surface area (Å²) in [5.41, 5.74) is 7.81. The van der Waals surface area contributed by atoms with Crippen LogP contribution in [0.5, 0.6) is 0 Å². The Morgan fingerprint density at radius 3 is 2.37 bits per heavy atom. The number of ether oxygens (including phenoxy) is 1. The number of alkyl carbamates (subject to hydrolysis) is 1. The summed E-state index contributed by atoms with van der Waals surface area (Å²) in [6.07, 6.45) is 1.51. The number of rotatable bonds is 6. The normalized spacial score (nSPS) is 17.2. The molecule has 1 amide bonds. The van der Waals surface area contributed by atoms with Crippen molar-refractivity contribution < 1.29 is 19.4 Å². The van der Waals surface area contributed by atoms with E-state index >= 15 is 0 Å². The van der Waals surface area contributed by atoms with Crippen LogP contribution >= 0.6 is 0 Å². The van der Waals surface area contributed by atoms with Crippen molar-refractivity contribution in [1.82, 2.24) is 5.32 Å². The number of fused-ring (bicyclic) bond motifs is 4. The van der Waals surface area contributed by atoms with E-state index < -0.39 is 18.1 Å². The molecule has 35 heavy (non-hydrogen) atoms. The summed E-state index contributed by atoms with van der Waals surface area (Å²) in [5.74, 6) is -1.15. The molecule has 180 valence electrons. The lowest BCUT2D eigenvalue weighted by atomic mass is 9.94. The number of nitrogens with zero attached hydrogens (tertiary/aromatic N) is 1. The highest BCUT2D eigenvalue weighted by Crippen LogP contribution is 2.44. The van der Waals surface area contributed by atoms with Gasteiger partial charge < -0.3 is 20.1 Å². The van der Waals surface area contributed by atoms with Crippen LogP contribution in [0.4, 0.5) is 10.5 Å².